The quantitative estimate of drug-likeness (QED) is 0.726. The van der Waals surface area contributed by atoms with E-state index in [1.165, 1.54) is 57.8 Å². The molecule has 8 unspecified atom stereocenters. The van der Waals surface area contributed by atoms with Crippen LogP contribution in [0.3, 0.4) is 0 Å². The van der Waals surface area contributed by atoms with E-state index in [0.717, 1.165) is 35.5 Å². The number of rotatable bonds is 6. The van der Waals surface area contributed by atoms with E-state index in [-0.39, 0.29) is 0 Å². The van der Waals surface area contributed by atoms with Gasteiger partial charge in [0.2, 0.25) is 0 Å². The van der Waals surface area contributed by atoms with Crippen molar-refractivity contribution in [2.75, 3.05) is 0 Å². The van der Waals surface area contributed by atoms with Crippen molar-refractivity contribution in [3.63, 3.8) is 0 Å². The Bertz CT molecular complexity index is 311. The van der Waals surface area contributed by atoms with E-state index in [9.17, 15) is 0 Å². The van der Waals surface area contributed by atoms with Crippen molar-refractivity contribution in [2.45, 2.75) is 97.6 Å². The van der Waals surface area contributed by atoms with Gasteiger partial charge in [0.15, 0.2) is 0 Å². The maximum atomic E-state index is 6.39. The molecule has 0 amide bonds. The van der Waals surface area contributed by atoms with Crippen LogP contribution in [0.25, 0.3) is 0 Å². The van der Waals surface area contributed by atoms with E-state index in [1.54, 1.807) is 0 Å². The Morgan fingerprint density at radius 2 is 1.09 bits per heavy atom. The Labute approximate surface area is 145 Å². The molecule has 2 saturated carbocycles. The Morgan fingerprint density at radius 3 is 1.43 bits per heavy atom. The molecule has 0 aromatic heterocycles. The first-order valence-corrected chi connectivity index (χ1v) is 10.5. The van der Waals surface area contributed by atoms with Gasteiger partial charge in [0.25, 0.3) is 0 Å². The second-order valence-electron chi connectivity index (χ2n) is 9.05. The fourth-order valence-corrected chi connectivity index (χ4v) is 5.70. The highest BCUT2D eigenvalue weighted by atomic mass is 14.7. The van der Waals surface area contributed by atoms with Gasteiger partial charge in [-0.15, -0.1) is 0 Å². The highest BCUT2D eigenvalue weighted by Crippen LogP contribution is 2.39. The van der Waals surface area contributed by atoms with Gasteiger partial charge >= 0.3 is 0 Å². The van der Waals surface area contributed by atoms with Gasteiger partial charge in [-0.2, -0.15) is 0 Å². The molecule has 2 aliphatic rings. The first-order chi connectivity index (χ1) is 11.0. The average molecular weight is 323 g/mol. The van der Waals surface area contributed by atoms with E-state index in [2.05, 4.69) is 27.7 Å². The minimum atomic E-state index is 0.447. The van der Waals surface area contributed by atoms with Crippen LogP contribution in [0.4, 0.5) is 0 Å². The molecule has 2 fully saturated rings. The third kappa shape index (κ3) is 4.95. The first-order valence-electron chi connectivity index (χ1n) is 10.5. The zero-order valence-electron chi connectivity index (χ0n) is 16.1. The fourth-order valence-electron chi connectivity index (χ4n) is 5.70. The molecule has 0 aromatic carbocycles. The maximum Gasteiger partial charge on any atom is 0.00931 e. The Balaban J connectivity index is 1.74. The first kappa shape index (κ1) is 19.2. The molecule has 136 valence electrons. The minimum absolute atomic E-state index is 0.447. The van der Waals surface area contributed by atoms with Crippen LogP contribution >= 0.6 is 0 Å². The van der Waals surface area contributed by atoms with Crippen LogP contribution < -0.4 is 11.5 Å². The molecule has 0 saturated heterocycles. The minimum Gasteiger partial charge on any atom is -0.327 e. The summed E-state index contributed by atoms with van der Waals surface area (Å²) in [5.41, 5.74) is 12.8. The molecule has 2 aliphatic carbocycles. The summed E-state index contributed by atoms with van der Waals surface area (Å²) in [7, 11) is 0. The van der Waals surface area contributed by atoms with Crippen molar-refractivity contribution in [1.29, 1.82) is 0 Å². The third-order valence-electron chi connectivity index (χ3n) is 7.36. The van der Waals surface area contributed by atoms with Gasteiger partial charge in [0, 0.05) is 12.1 Å². The average Bonchev–Trinajstić information content (AvgIpc) is 2.53. The van der Waals surface area contributed by atoms with Gasteiger partial charge < -0.3 is 11.5 Å². The summed E-state index contributed by atoms with van der Waals surface area (Å²) in [5, 5.41) is 0. The SMILES string of the molecule is CCC1CC(CCCC2CC(C)C(N)C(CC)C2)CC(C)C1N. The zero-order valence-corrected chi connectivity index (χ0v) is 16.1. The van der Waals surface area contributed by atoms with Gasteiger partial charge in [-0.25, -0.2) is 0 Å². The third-order valence-corrected chi connectivity index (χ3v) is 7.36. The molecule has 2 rings (SSSR count). The molecule has 4 N–H and O–H groups in total. The number of hydrogen-bond donors (Lipinski definition) is 2. The molecule has 0 spiro atoms. The summed E-state index contributed by atoms with van der Waals surface area (Å²) < 4.78 is 0. The molecule has 23 heavy (non-hydrogen) atoms. The summed E-state index contributed by atoms with van der Waals surface area (Å²) in [5.74, 6) is 4.83. The highest BCUT2D eigenvalue weighted by Gasteiger charge is 2.33. The molecular formula is C21H42N2. The normalized spacial score (nSPS) is 45.1. The van der Waals surface area contributed by atoms with E-state index in [1.807, 2.05) is 0 Å². The van der Waals surface area contributed by atoms with Crippen LogP contribution in [0, 0.1) is 35.5 Å². The van der Waals surface area contributed by atoms with Gasteiger partial charge in [0.1, 0.15) is 0 Å². The Kier molecular flexibility index (Phi) is 7.41. The van der Waals surface area contributed by atoms with E-state index >= 15 is 0 Å². The van der Waals surface area contributed by atoms with Crippen LogP contribution in [-0.4, -0.2) is 12.1 Å². The lowest BCUT2D eigenvalue weighted by molar-refractivity contribution is 0.142. The predicted octanol–water partition coefficient (Wildman–Crippen LogP) is 4.96. The van der Waals surface area contributed by atoms with E-state index in [4.69, 9.17) is 11.5 Å². The molecular weight excluding hydrogens is 280 g/mol. The molecule has 2 heteroatoms. The van der Waals surface area contributed by atoms with Crippen molar-refractivity contribution < 1.29 is 0 Å². The summed E-state index contributed by atoms with van der Waals surface area (Å²) in [4.78, 5) is 0. The molecule has 8 atom stereocenters. The predicted molar refractivity (Wildman–Crippen MR) is 101 cm³/mol. The van der Waals surface area contributed by atoms with E-state index < -0.39 is 0 Å². The van der Waals surface area contributed by atoms with Crippen LogP contribution in [0.15, 0.2) is 0 Å². The zero-order chi connectivity index (χ0) is 17.0. The Hall–Kier alpha value is -0.0800. The Morgan fingerprint density at radius 1 is 0.696 bits per heavy atom. The lowest BCUT2D eigenvalue weighted by Gasteiger charge is -2.40. The summed E-state index contributed by atoms with van der Waals surface area (Å²) >= 11 is 0. The fraction of sp³-hybridized carbons (Fsp3) is 1.00. The molecule has 0 heterocycles. The molecule has 0 radical (unpaired) electrons. The maximum absolute atomic E-state index is 6.39. The topological polar surface area (TPSA) is 52.0 Å². The molecule has 0 aromatic rings. The van der Waals surface area contributed by atoms with Crippen molar-refractivity contribution >= 4 is 0 Å². The second kappa shape index (κ2) is 8.85. The number of hydrogen-bond acceptors (Lipinski definition) is 2. The molecule has 0 bridgehead atoms. The monoisotopic (exact) mass is 322 g/mol. The van der Waals surface area contributed by atoms with Gasteiger partial charge in [-0.3, -0.25) is 0 Å². The van der Waals surface area contributed by atoms with Crippen molar-refractivity contribution in [3.8, 4) is 0 Å². The summed E-state index contributed by atoms with van der Waals surface area (Å²) in [6.45, 7) is 9.37. The van der Waals surface area contributed by atoms with Crippen LogP contribution in [0.1, 0.15) is 85.5 Å². The van der Waals surface area contributed by atoms with Crippen LogP contribution in [0.2, 0.25) is 0 Å². The van der Waals surface area contributed by atoms with Crippen LogP contribution in [0.5, 0.6) is 0 Å². The van der Waals surface area contributed by atoms with Gasteiger partial charge in [-0.1, -0.05) is 59.8 Å². The molecule has 2 nitrogen and oxygen atoms in total. The van der Waals surface area contributed by atoms with Crippen LogP contribution in [-0.2, 0) is 0 Å². The standard InChI is InChI=1S/C21H42N2/c1-5-18-12-16(10-14(3)20(18)22)8-7-9-17-11-15(4)21(23)19(6-2)13-17/h14-21H,5-13,22-23H2,1-4H3. The smallest absolute Gasteiger partial charge is 0.00931 e. The number of nitrogens with two attached hydrogens (primary N) is 2. The summed E-state index contributed by atoms with van der Waals surface area (Å²) in [6.07, 6.45) is 12.3. The second-order valence-corrected chi connectivity index (χ2v) is 9.05. The van der Waals surface area contributed by atoms with E-state index in [0.29, 0.717) is 12.1 Å². The van der Waals surface area contributed by atoms with Crippen molar-refractivity contribution in [1.82, 2.24) is 0 Å². The highest BCUT2D eigenvalue weighted by molar-refractivity contribution is 4.88. The lowest BCUT2D eigenvalue weighted by atomic mass is 9.68. The molecule has 0 aliphatic heterocycles. The van der Waals surface area contributed by atoms with Crippen molar-refractivity contribution in [2.24, 2.45) is 47.0 Å². The largest absolute Gasteiger partial charge is 0.327 e. The van der Waals surface area contributed by atoms with Crippen molar-refractivity contribution in [3.05, 3.63) is 0 Å². The lowest BCUT2D eigenvalue weighted by Crippen LogP contribution is -2.42. The summed E-state index contributed by atoms with van der Waals surface area (Å²) in [6, 6.07) is 0.893. The van der Waals surface area contributed by atoms with Gasteiger partial charge in [-0.05, 0) is 61.2 Å². The van der Waals surface area contributed by atoms with Gasteiger partial charge in [0.05, 0.1) is 0 Å².